The molecule has 1 aliphatic rings. The molecule has 259 valence electrons. The molecule has 2 aromatic rings. The smallest absolute Gasteiger partial charge is 0.508 e. The van der Waals surface area contributed by atoms with Crippen LogP contribution in [0.25, 0.3) is 0 Å². The fourth-order valence-corrected chi connectivity index (χ4v) is 6.86. The third-order valence-electron chi connectivity index (χ3n) is 5.98. The number of aryl methyl sites for hydroxylation is 1. The van der Waals surface area contributed by atoms with Crippen molar-refractivity contribution in [2.24, 2.45) is 0 Å². The van der Waals surface area contributed by atoms with Crippen LogP contribution in [0.5, 0.6) is 0 Å². The van der Waals surface area contributed by atoms with Gasteiger partial charge in [0.05, 0.1) is 24.9 Å². The van der Waals surface area contributed by atoms with E-state index in [1.807, 2.05) is 4.98 Å². The average Bonchev–Trinajstić information content (AvgIpc) is 3.27. The topological polar surface area (TPSA) is 331 Å². The summed E-state index contributed by atoms with van der Waals surface area (Å²) in [5, 5.41) is 21.5. The molecular formula is C21H24N3O19P3Y-4. The number of phosphoric acid groups is 3. The molecule has 47 heavy (non-hydrogen) atoms. The van der Waals surface area contributed by atoms with E-state index in [9.17, 15) is 58.0 Å². The number of aliphatic hydroxyl groups excluding tert-OH is 1. The van der Waals surface area contributed by atoms with Crippen molar-refractivity contribution in [1.82, 2.24) is 9.55 Å². The van der Waals surface area contributed by atoms with E-state index in [1.54, 1.807) is 13.8 Å². The molecule has 1 radical (unpaired) electrons. The second-order valence-corrected chi connectivity index (χ2v) is 13.8. The van der Waals surface area contributed by atoms with Gasteiger partial charge in [0, 0.05) is 50.3 Å². The van der Waals surface area contributed by atoms with Crippen LogP contribution in [0.1, 0.15) is 42.2 Å². The fraction of sp³-hybridized carbons (Fsp3) is 0.476. The summed E-state index contributed by atoms with van der Waals surface area (Å²) < 4.78 is 60.5. The standard InChI is InChI=1S/C21H27N3O19P3.Y/c1-11-3-4-15(24(29)30)14(5-11)12(2)8-38-21(28)39-9-13-7-23(20(27)22-19(13)26)18-6-16(25)17(41-18)10-40-45(34,35)43-46(36,37)42-44(31,32)33;/h4-5,7,12,16-18,25H,6,8-10H2,1-2H3,(H,34,35)(H,36,37)(H,22,26,27)(H2,31,32,33);/q-1;/p-3/t12?,16?,17-,18-;/m1./s1. The van der Waals surface area contributed by atoms with Gasteiger partial charge in [-0.3, -0.25) is 38.2 Å². The first kappa shape index (κ1) is 41.2. The monoisotopic (exact) mass is 804 g/mol. The SMILES string of the molecule is Cc1[c-]cc([N+](=O)[O-])c(C(C)COC(=O)OCc2cn([C@H]3CC(O)[C@@H](COP(=O)([O-])OP(=O)([O-])OP(=O)([O-])O)O3)c(=O)[nH]c2=O)c1.[Y]. The van der Waals surface area contributed by atoms with Gasteiger partial charge < -0.3 is 43.4 Å². The van der Waals surface area contributed by atoms with Crippen LogP contribution in [-0.2, 0) is 80.4 Å². The summed E-state index contributed by atoms with van der Waals surface area (Å²) in [6, 6.07) is 5.42. The minimum atomic E-state index is -6.16. The number of aromatic nitrogens is 2. The molecule has 7 atom stereocenters. The van der Waals surface area contributed by atoms with Crippen molar-refractivity contribution in [3.05, 3.63) is 72.0 Å². The van der Waals surface area contributed by atoms with Gasteiger partial charge in [-0.2, -0.15) is 17.7 Å². The number of hydrogen-bond donors (Lipinski definition) is 3. The van der Waals surface area contributed by atoms with Crippen molar-refractivity contribution in [2.75, 3.05) is 13.2 Å². The van der Waals surface area contributed by atoms with Crippen LogP contribution in [0, 0.1) is 23.1 Å². The number of benzene rings is 1. The molecule has 1 saturated heterocycles. The summed E-state index contributed by atoms with van der Waals surface area (Å²) in [6.45, 7) is 1.05. The summed E-state index contributed by atoms with van der Waals surface area (Å²) in [5.74, 6) is -0.633. The van der Waals surface area contributed by atoms with Crippen molar-refractivity contribution < 1.29 is 108 Å². The molecule has 2 heterocycles. The first-order valence-corrected chi connectivity index (χ1v) is 16.9. The average molecular weight is 804 g/mol. The van der Waals surface area contributed by atoms with Gasteiger partial charge in [-0.1, -0.05) is 25.5 Å². The summed E-state index contributed by atoms with van der Waals surface area (Å²) in [4.78, 5) is 91.5. The molecule has 22 nitrogen and oxygen atoms in total. The molecule has 0 spiro atoms. The van der Waals surface area contributed by atoms with Crippen molar-refractivity contribution >= 4 is 35.3 Å². The van der Waals surface area contributed by atoms with Gasteiger partial charge in [0.1, 0.15) is 18.9 Å². The van der Waals surface area contributed by atoms with Crippen LogP contribution in [-0.4, -0.2) is 56.1 Å². The molecule has 0 amide bonds. The number of aliphatic hydroxyl groups is 1. The Morgan fingerprint density at radius 3 is 2.49 bits per heavy atom. The zero-order valence-electron chi connectivity index (χ0n) is 24.0. The number of carbonyl (C=O) groups excluding carboxylic acids is 1. The summed E-state index contributed by atoms with van der Waals surface area (Å²) in [6.07, 6.45) is -5.22. The predicted molar refractivity (Wildman–Crippen MR) is 140 cm³/mol. The Kier molecular flexibility index (Phi) is 14.5. The van der Waals surface area contributed by atoms with E-state index < -0.39 is 89.8 Å². The number of nitro benzene ring substituents is 1. The molecule has 0 bridgehead atoms. The normalized spacial score (nSPS) is 22.1. The van der Waals surface area contributed by atoms with Crippen LogP contribution < -0.4 is 25.9 Å². The Morgan fingerprint density at radius 2 is 1.87 bits per heavy atom. The van der Waals surface area contributed by atoms with Crippen LogP contribution in [0.2, 0.25) is 0 Å². The van der Waals surface area contributed by atoms with Gasteiger partial charge in [-0.15, -0.1) is 0 Å². The van der Waals surface area contributed by atoms with E-state index in [2.05, 4.69) is 19.2 Å². The summed E-state index contributed by atoms with van der Waals surface area (Å²) in [7, 11) is -18.0. The van der Waals surface area contributed by atoms with Crippen molar-refractivity contribution in [3.8, 4) is 0 Å². The minimum absolute atomic E-state index is 0. The number of carbonyl (C=O) groups is 1. The molecule has 1 aliphatic heterocycles. The number of H-pyrrole nitrogens is 1. The number of nitrogens with zero attached hydrogens (tertiary/aromatic N) is 2. The van der Waals surface area contributed by atoms with E-state index in [4.69, 9.17) is 19.1 Å². The maximum absolute atomic E-state index is 12.4. The largest absolute Gasteiger partial charge is 0.756 e. The summed E-state index contributed by atoms with van der Waals surface area (Å²) in [5.41, 5.74) is -1.69. The molecule has 5 unspecified atom stereocenters. The van der Waals surface area contributed by atoms with Crippen LogP contribution >= 0.6 is 23.5 Å². The Labute approximate surface area is 288 Å². The van der Waals surface area contributed by atoms with Gasteiger partial charge in [0.15, 0.2) is 5.69 Å². The van der Waals surface area contributed by atoms with Crippen LogP contribution in [0.3, 0.4) is 0 Å². The summed E-state index contributed by atoms with van der Waals surface area (Å²) >= 11 is 0. The van der Waals surface area contributed by atoms with E-state index in [0.29, 0.717) is 5.56 Å². The Bertz CT molecular complexity index is 1730. The van der Waals surface area contributed by atoms with Crippen molar-refractivity contribution in [3.63, 3.8) is 0 Å². The van der Waals surface area contributed by atoms with Gasteiger partial charge in [0.25, 0.3) is 29.0 Å². The van der Waals surface area contributed by atoms with Gasteiger partial charge in [0.2, 0.25) is 0 Å². The van der Waals surface area contributed by atoms with Gasteiger partial charge in [-0.05, 0) is 5.92 Å². The number of nitrogens with one attached hydrogen (secondary N) is 1. The Hall–Kier alpha value is -2.00. The Morgan fingerprint density at radius 1 is 1.21 bits per heavy atom. The molecule has 1 aromatic carbocycles. The van der Waals surface area contributed by atoms with E-state index in [-0.39, 0.29) is 56.1 Å². The van der Waals surface area contributed by atoms with E-state index >= 15 is 0 Å². The number of ether oxygens (including phenoxy) is 3. The van der Waals surface area contributed by atoms with Crippen molar-refractivity contribution in [2.45, 2.75) is 51.2 Å². The number of aromatic amines is 1. The fourth-order valence-electron chi connectivity index (χ4n) is 3.96. The maximum Gasteiger partial charge on any atom is 0.508 e. The first-order chi connectivity index (χ1) is 21.2. The first-order valence-electron chi connectivity index (χ1n) is 12.5. The third kappa shape index (κ3) is 12.4. The van der Waals surface area contributed by atoms with Crippen molar-refractivity contribution in [1.29, 1.82) is 0 Å². The number of hydrogen-bond acceptors (Lipinski definition) is 18. The zero-order chi connectivity index (χ0) is 34.6. The molecule has 1 aromatic heterocycles. The van der Waals surface area contributed by atoms with Gasteiger partial charge >= 0.3 is 11.8 Å². The Balaban J connectivity index is 0.00000768. The van der Waals surface area contributed by atoms with E-state index in [1.165, 1.54) is 12.1 Å². The van der Waals surface area contributed by atoms with Crippen LogP contribution in [0.4, 0.5) is 10.5 Å². The zero-order valence-corrected chi connectivity index (χ0v) is 29.5. The molecule has 3 rings (SSSR count). The van der Waals surface area contributed by atoms with Crippen LogP contribution in [0.15, 0.2) is 27.9 Å². The number of phosphoric ester groups is 1. The molecular weight excluding hydrogens is 780 g/mol. The minimum Gasteiger partial charge on any atom is -0.756 e. The second-order valence-electron chi connectivity index (χ2n) is 9.54. The molecule has 26 heteroatoms. The van der Waals surface area contributed by atoms with Gasteiger partial charge in [-0.25, -0.2) is 18.2 Å². The molecule has 0 aliphatic carbocycles. The molecule has 1 fully saturated rings. The predicted octanol–water partition coefficient (Wildman–Crippen LogP) is -0.896. The third-order valence-corrected chi connectivity index (χ3v) is 9.68. The number of nitro groups is 1. The molecule has 3 N–H and O–H groups in total. The quantitative estimate of drug-likeness (QED) is 0.0685. The second kappa shape index (κ2) is 16.6. The maximum atomic E-state index is 12.4. The molecule has 0 saturated carbocycles. The van der Waals surface area contributed by atoms with E-state index in [0.717, 1.165) is 10.8 Å². The number of rotatable bonds is 14.